The van der Waals surface area contributed by atoms with Gasteiger partial charge in [-0.25, -0.2) is 0 Å². The van der Waals surface area contributed by atoms with Crippen LogP contribution in [0, 0.1) is 0 Å². The van der Waals surface area contributed by atoms with Gasteiger partial charge in [0, 0.05) is 11.1 Å². The van der Waals surface area contributed by atoms with E-state index in [9.17, 15) is 22.8 Å². The average molecular weight is 440 g/mol. The van der Waals surface area contributed by atoms with E-state index < -0.39 is 24.6 Å². The van der Waals surface area contributed by atoms with Gasteiger partial charge in [-0.2, -0.15) is 13.2 Å². The van der Waals surface area contributed by atoms with E-state index in [1.807, 2.05) is 6.92 Å². The van der Waals surface area contributed by atoms with Crippen molar-refractivity contribution in [1.29, 1.82) is 0 Å². The van der Waals surface area contributed by atoms with E-state index in [-0.39, 0.29) is 17.7 Å². The van der Waals surface area contributed by atoms with E-state index in [0.29, 0.717) is 23.7 Å². The van der Waals surface area contributed by atoms with Gasteiger partial charge in [0.15, 0.2) is 11.5 Å². The highest BCUT2D eigenvalue weighted by Crippen LogP contribution is 2.28. The van der Waals surface area contributed by atoms with Crippen LogP contribution in [0.3, 0.4) is 0 Å². The van der Waals surface area contributed by atoms with Gasteiger partial charge >= 0.3 is 6.18 Å². The minimum atomic E-state index is -4.40. The van der Waals surface area contributed by atoms with Crippen LogP contribution in [0.4, 0.5) is 13.2 Å². The zero-order valence-corrected chi connectivity index (χ0v) is 17.0. The van der Waals surface area contributed by atoms with Gasteiger partial charge in [-0.15, -0.1) is 0 Å². The second-order valence-electron chi connectivity index (χ2n) is 6.43. The predicted octanol–water partition coefficient (Wildman–Crippen LogP) is 3.64. The van der Waals surface area contributed by atoms with Gasteiger partial charge in [0.25, 0.3) is 11.8 Å². The number of halogens is 3. The SMILES string of the molecule is CCCOc1ccc(C(=O)NNC(=O)c2ccc(COCC(F)(F)F)cc2)cc1OC. The molecular weight excluding hydrogens is 417 g/mol. The quantitative estimate of drug-likeness (QED) is 0.582. The molecule has 0 aliphatic carbocycles. The molecule has 0 spiro atoms. The third kappa shape index (κ3) is 7.82. The van der Waals surface area contributed by atoms with Crippen LogP contribution in [-0.2, 0) is 11.3 Å². The largest absolute Gasteiger partial charge is 0.493 e. The Morgan fingerprint density at radius 2 is 1.55 bits per heavy atom. The maximum absolute atomic E-state index is 12.3. The Hall–Kier alpha value is -3.27. The molecule has 0 radical (unpaired) electrons. The molecule has 7 nitrogen and oxygen atoms in total. The molecule has 2 aromatic carbocycles. The second kappa shape index (κ2) is 11.2. The molecule has 31 heavy (non-hydrogen) atoms. The molecule has 0 atom stereocenters. The van der Waals surface area contributed by atoms with E-state index in [4.69, 9.17) is 9.47 Å². The molecular formula is C21H23F3N2O5. The van der Waals surface area contributed by atoms with Crippen LogP contribution >= 0.6 is 0 Å². The standard InChI is InChI=1S/C21H23F3N2O5/c1-3-10-31-17-9-8-16(11-18(17)29-2)20(28)26-25-19(27)15-6-4-14(5-7-15)12-30-13-21(22,23)24/h4-9,11H,3,10,12-13H2,1-2H3,(H,25,27)(H,26,28). The molecule has 0 aliphatic rings. The Labute approximate surface area is 177 Å². The van der Waals surface area contributed by atoms with Crippen molar-refractivity contribution in [2.45, 2.75) is 26.1 Å². The Morgan fingerprint density at radius 1 is 0.935 bits per heavy atom. The number of hydrogen-bond acceptors (Lipinski definition) is 5. The number of amides is 2. The van der Waals surface area contributed by atoms with Crippen molar-refractivity contribution in [2.24, 2.45) is 0 Å². The summed E-state index contributed by atoms with van der Waals surface area (Å²) in [5.41, 5.74) is 5.50. The molecule has 2 N–H and O–H groups in total. The van der Waals surface area contributed by atoms with Crippen molar-refractivity contribution in [3.8, 4) is 11.5 Å². The number of ether oxygens (including phenoxy) is 3. The molecule has 2 aromatic rings. The smallest absolute Gasteiger partial charge is 0.411 e. The highest BCUT2D eigenvalue weighted by atomic mass is 19.4. The van der Waals surface area contributed by atoms with Gasteiger partial charge in [0.2, 0.25) is 0 Å². The molecule has 0 heterocycles. The fraction of sp³-hybridized carbons (Fsp3) is 0.333. The third-order valence-corrected chi connectivity index (χ3v) is 3.93. The lowest BCUT2D eigenvalue weighted by Gasteiger charge is -2.12. The van der Waals surface area contributed by atoms with Crippen molar-refractivity contribution < 1.29 is 37.0 Å². The van der Waals surface area contributed by atoms with Gasteiger partial charge in [0.1, 0.15) is 6.61 Å². The lowest BCUT2D eigenvalue weighted by Crippen LogP contribution is -2.41. The summed E-state index contributed by atoms with van der Waals surface area (Å²) in [7, 11) is 1.45. The summed E-state index contributed by atoms with van der Waals surface area (Å²) in [6.45, 7) is 0.882. The summed E-state index contributed by atoms with van der Waals surface area (Å²) in [6, 6.07) is 10.4. The fourth-order valence-corrected chi connectivity index (χ4v) is 2.43. The predicted molar refractivity (Wildman–Crippen MR) is 106 cm³/mol. The molecule has 168 valence electrons. The van der Waals surface area contributed by atoms with E-state index in [1.54, 1.807) is 6.07 Å². The van der Waals surface area contributed by atoms with Crippen molar-refractivity contribution in [3.63, 3.8) is 0 Å². The van der Waals surface area contributed by atoms with Crippen molar-refractivity contribution in [1.82, 2.24) is 10.9 Å². The van der Waals surface area contributed by atoms with Crippen LogP contribution in [-0.4, -0.2) is 38.3 Å². The third-order valence-electron chi connectivity index (χ3n) is 3.93. The molecule has 0 saturated carbocycles. The van der Waals surface area contributed by atoms with Gasteiger partial charge in [0.05, 0.1) is 20.3 Å². The number of nitrogens with one attached hydrogen (secondary N) is 2. The first-order valence-electron chi connectivity index (χ1n) is 9.38. The molecule has 0 saturated heterocycles. The summed E-state index contributed by atoms with van der Waals surface area (Å²) < 4.78 is 51.6. The first kappa shape index (κ1) is 24.0. The molecule has 0 bridgehead atoms. The highest BCUT2D eigenvalue weighted by Gasteiger charge is 2.27. The fourth-order valence-electron chi connectivity index (χ4n) is 2.43. The van der Waals surface area contributed by atoms with Crippen LogP contribution in [0.25, 0.3) is 0 Å². The molecule has 0 aliphatic heterocycles. The monoisotopic (exact) mass is 440 g/mol. The number of benzene rings is 2. The molecule has 0 fully saturated rings. The molecule has 2 rings (SSSR count). The summed E-state index contributed by atoms with van der Waals surface area (Å²) in [4.78, 5) is 24.5. The molecule has 10 heteroatoms. The van der Waals surface area contributed by atoms with Gasteiger partial charge in [-0.3, -0.25) is 20.4 Å². The van der Waals surface area contributed by atoms with E-state index in [0.717, 1.165) is 6.42 Å². The Morgan fingerprint density at radius 3 is 2.13 bits per heavy atom. The minimum Gasteiger partial charge on any atom is -0.493 e. The van der Waals surface area contributed by atoms with E-state index in [2.05, 4.69) is 15.6 Å². The minimum absolute atomic E-state index is 0.209. The zero-order valence-electron chi connectivity index (χ0n) is 17.0. The Kier molecular flexibility index (Phi) is 8.68. The van der Waals surface area contributed by atoms with Gasteiger partial charge in [-0.1, -0.05) is 19.1 Å². The number of methoxy groups -OCH3 is 1. The van der Waals surface area contributed by atoms with Gasteiger partial charge < -0.3 is 14.2 Å². The van der Waals surface area contributed by atoms with Crippen molar-refractivity contribution in [2.75, 3.05) is 20.3 Å². The number of rotatable bonds is 9. The molecule has 0 unspecified atom stereocenters. The van der Waals surface area contributed by atoms with E-state index in [1.165, 1.54) is 43.5 Å². The van der Waals surface area contributed by atoms with Crippen LogP contribution in [0.15, 0.2) is 42.5 Å². The first-order chi connectivity index (χ1) is 14.7. The summed E-state index contributed by atoms with van der Waals surface area (Å²) in [5, 5.41) is 0. The zero-order chi connectivity index (χ0) is 22.9. The highest BCUT2D eigenvalue weighted by molar-refractivity contribution is 5.99. The van der Waals surface area contributed by atoms with Crippen LogP contribution in [0.2, 0.25) is 0 Å². The number of carbonyl (C=O) groups is 2. The maximum atomic E-state index is 12.3. The van der Waals surface area contributed by atoms with Crippen LogP contribution < -0.4 is 20.3 Å². The normalized spacial score (nSPS) is 11.0. The molecule has 2 amide bonds. The van der Waals surface area contributed by atoms with Crippen LogP contribution in [0.5, 0.6) is 11.5 Å². The number of carbonyl (C=O) groups excluding carboxylic acids is 2. The topological polar surface area (TPSA) is 85.9 Å². The summed E-state index contributed by atoms with van der Waals surface area (Å²) >= 11 is 0. The van der Waals surface area contributed by atoms with Crippen LogP contribution in [0.1, 0.15) is 39.6 Å². The molecule has 0 aromatic heterocycles. The number of hydrazine groups is 1. The second-order valence-corrected chi connectivity index (χ2v) is 6.43. The lowest BCUT2D eigenvalue weighted by atomic mass is 10.1. The van der Waals surface area contributed by atoms with Crippen molar-refractivity contribution in [3.05, 3.63) is 59.2 Å². The lowest BCUT2D eigenvalue weighted by molar-refractivity contribution is -0.176. The average Bonchev–Trinajstić information content (AvgIpc) is 2.75. The summed E-state index contributed by atoms with van der Waals surface area (Å²) in [6.07, 6.45) is -3.58. The van der Waals surface area contributed by atoms with E-state index >= 15 is 0 Å². The number of hydrogen-bond donors (Lipinski definition) is 2. The first-order valence-corrected chi connectivity index (χ1v) is 9.38. The Bertz CT molecular complexity index is 886. The van der Waals surface area contributed by atoms with Crippen molar-refractivity contribution >= 4 is 11.8 Å². The summed E-state index contributed by atoms with van der Waals surface area (Å²) in [5.74, 6) is -0.267. The Balaban J connectivity index is 1.89. The maximum Gasteiger partial charge on any atom is 0.411 e. The number of alkyl halides is 3. The van der Waals surface area contributed by atoms with Gasteiger partial charge in [-0.05, 0) is 42.3 Å².